The van der Waals surface area contributed by atoms with Crippen LogP contribution in [0.15, 0.2) is 29.2 Å². The van der Waals surface area contributed by atoms with Crippen molar-refractivity contribution < 1.29 is 22.7 Å². The molecule has 110 valence electrons. The third-order valence-corrected chi connectivity index (χ3v) is 3.97. The summed E-state index contributed by atoms with van der Waals surface area (Å²) in [5.74, 6) is -0.591. The molecule has 6 nitrogen and oxygen atoms in total. The van der Waals surface area contributed by atoms with Gasteiger partial charge in [-0.3, -0.25) is 9.59 Å². The summed E-state index contributed by atoms with van der Waals surface area (Å²) in [5.41, 5.74) is 0.440. The van der Waals surface area contributed by atoms with Crippen molar-refractivity contribution in [1.82, 2.24) is 4.72 Å². The Morgan fingerprint density at radius 2 is 1.80 bits per heavy atom. The van der Waals surface area contributed by atoms with Gasteiger partial charge in [0.05, 0.1) is 17.9 Å². The number of hydrogen-bond acceptors (Lipinski definition) is 5. The minimum Gasteiger partial charge on any atom is -0.466 e. The van der Waals surface area contributed by atoms with E-state index >= 15 is 0 Å². The summed E-state index contributed by atoms with van der Waals surface area (Å²) in [6.07, 6.45) is -0.0292. The van der Waals surface area contributed by atoms with Gasteiger partial charge in [-0.15, -0.1) is 0 Å². The van der Waals surface area contributed by atoms with Gasteiger partial charge in [0.2, 0.25) is 10.0 Å². The predicted octanol–water partition coefficient (Wildman–Crippen LogP) is 1.12. The van der Waals surface area contributed by atoms with E-state index in [9.17, 15) is 18.0 Å². The molecule has 0 atom stereocenters. The van der Waals surface area contributed by atoms with Gasteiger partial charge in [-0.1, -0.05) is 12.1 Å². The van der Waals surface area contributed by atoms with Crippen LogP contribution in [0.3, 0.4) is 0 Å². The number of carbonyl (C=O) groups is 2. The maximum absolute atomic E-state index is 11.9. The van der Waals surface area contributed by atoms with Crippen molar-refractivity contribution in [2.75, 3.05) is 13.2 Å². The average Bonchev–Trinajstić information content (AvgIpc) is 2.39. The van der Waals surface area contributed by atoms with E-state index in [4.69, 9.17) is 4.74 Å². The summed E-state index contributed by atoms with van der Waals surface area (Å²) in [4.78, 5) is 22.2. The molecular weight excluding hydrogens is 282 g/mol. The molecule has 1 N–H and O–H groups in total. The van der Waals surface area contributed by atoms with E-state index in [-0.39, 0.29) is 30.3 Å². The van der Waals surface area contributed by atoms with Crippen LogP contribution in [0, 0.1) is 0 Å². The van der Waals surface area contributed by atoms with E-state index in [0.29, 0.717) is 5.56 Å². The molecule has 0 fully saturated rings. The lowest BCUT2D eigenvalue weighted by molar-refractivity contribution is -0.142. The molecule has 0 heterocycles. The Kier molecular flexibility index (Phi) is 5.84. The highest BCUT2D eigenvalue weighted by Crippen LogP contribution is 2.10. The molecule has 0 aliphatic rings. The van der Waals surface area contributed by atoms with Gasteiger partial charge in [-0.2, -0.15) is 0 Å². The van der Waals surface area contributed by atoms with Crippen LogP contribution in [0.4, 0.5) is 0 Å². The van der Waals surface area contributed by atoms with Crippen LogP contribution in [-0.4, -0.2) is 33.3 Å². The van der Waals surface area contributed by atoms with Gasteiger partial charge in [0.1, 0.15) is 0 Å². The third kappa shape index (κ3) is 4.75. The van der Waals surface area contributed by atoms with Gasteiger partial charge < -0.3 is 4.74 Å². The van der Waals surface area contributed by atoms with E-state index in [0.717, 1.165) is 0 Å². The van der Waals surface area contributed by atoms with E-state index in [2.05, 4.69) is 4.72 Å². The van der Waals surface area contributed by atoms with E-state index in [1.807, 2.05) is 0 Å². The first kappa shape index (κ1) is 16.3. The molecule has 0 bridgehead atoms. The fourth-order valence-electron chi connectivity index (χ4n) is 1.47. The summed E-state index contributed by atoms with van der Waals surface area (Å²) in [7, 11) is -3.68. The van der Waals surface area contributed by atoms with Crippen molar-refractivity contribution >= 4 is 21.8 Å². The Balaban J connectivity index is 2.64. The van der Waals surface area contributed by atoms with Crippen molar-refractivity contribution in [3.8, 4) is 0 Å². The molecule has 0 saturated heterocycles. The quantitative estimate of drug-likeness (QED) is 0.602. The molecule has 0 spiro atoms. The molecule has 1 rings (SSSR count). The van der Waals surface area contributed by atoms with Crippen molar-refractivity contribution in [2.24, 2.45) is 0 Å². The first-order chi connectivity index (χ1) is 9.36. The number of sulfonamides is 1. The standard InChI is InChI=1S/C13H17NO5S/c1-3-19-13(16)8-9-14-20(17,18)12-6-4-11(5-7-12)10(2)15/h4-7,14H,3,8-9H2,1-2H3. The summed E-state index contributed by atoms with van der Waals surface area (Å²) < 4.78 is 30.8. The second-order valence-electron chi connectivity index (χ2n) is 4.03. The van der Waals surface area contributed by atoms with E-state index < -0.39 is 16.0 Å². The van der Waals surface area contributed by atoms with Gasteiger partial charge in [0.25, 0.3) is 0 Å². The van der Waals surface area contributed by atoms with Crippen molar-refractivity contribution in [2.45, 2.75) is 25.2 Å². The van der Waals surface area contributed by atoms with Gasteiger partial charge in [0, 0.05) is 12.1 Å². The molecule has 20 heavy (non-hydrogen) atoms. The molecule has 7 heteroatoms. The molecule has 0 aliphatic carbocycles. The van der Waals surface area contributed by atoms with Gasteiger partial charge in [-0.25, -0.2) is 13.1 Å². The second-order valence-corrected chi connectivity index (χ2v) is 5.80. The molecule has 0 unspecified atom stereocenters. The highest BCUT2D eigenvalue weighted by molar-refractivity contribution is 7.89. The second kappa shape index (κ2) is 7.16. The van der Waals surface area contributed by atoms with Crippen LogP contribution >= 0.6 is 0 Å². The Morgan fingerprint density at radius 1 is 1.20 bits per heavy atom. The normalized spacial score (nSPS) is 11.1. The summed E-state index contributed by atoms with van der Waals surface area (Å²) in [6, 6.07) is 5.59. The van der Waals surface area contributed by atoms with Crippen LogP contribution in [-0.2, 0) is 19.6 Å². The number of rotatable bonds is 7. The Morgan fingerprint density at radius 3 is 2.30 bits per heavy atom. The Labute approximate surface area is 118 Å². The smallest absolute Gasteiger partial charge is 0.307 e. The molecule has 1 aromatic rings. The first-order valence-corrected chi connectivity index (χ1v) is 7.61. The summed E-state index contributed by atoms with van der Waals surface area (Å²) in [6.45, 7) is 3.31. The molecule has 0 aromatic heterocycles. The number of ketones is 1. The lowest BCUT2D eigenvalue weighted by Crippen LogP contribution is -2.26. The molecule has 1 aromatic carbocycles. The van der Waals surface area contributed by atoms with Crippen LogP contribution in [0.2, 0.25) is 0 Å². The van der Waals surface area contributed by atoms with Crippen molar-refractivity contribution in [3.05, 3.63) is 29.8 Å². The number of carbonyl (C=O) groups excluding carboxylic acids is 2. The first-order valence-electron chi connectivity index (χ1n) is 6.13. The average molecular weight is 299 g/mol. The number of nitrogens with one attached hydrogen (secondary N) is 1. The Hall–Kier alpha value is -1.73. The summed E-state index contributed by atoms with van der Waals surface area (Å²) in [5, 5.41) is 0. The van der Waals surface area contributed by atoms with Crippen LogP contribution in [0.25, 0.3) is 0 Å². The zero-order valence-electron chi connectivity index (χ0n) is 11.4. The van der Waals surface area contributed by atoms with Gasteiger partial charge in [0.15, 0.2) is 5.78 Å². The highest BCUT2D eigenvalue weighted by atomic mass is 32.2. The van der Waals surface area contributed by atoms with E-state index in [1.165, 1.54) is 31.2 Å². The lowest BCUT2D eigenvalue weighted by atomic mass is 10.2. The van der Waals surface area contributed by atoms with Crippen molar-refractivity contribution in [1.29, 1.82) is 0 Å². The number of benzene rings is 1. The summed E-state index contributed by atoms with van der Waals surface area (Å²) >= 11 is 0. The molecule has 0 amide bonds. The number of Topliss-reactive ketones (excluding diaryl/α,β-unsaturated/α-hetero) is 1. The topological polar surface area (TPSA) is 89.5 Å². The fourth-order valence-corrected chi connectivity index (χ4v) is 2.50. The zero-order valence-corrected chi connectivity index (χ0v) is 12.2. The predicted molar refractivity (Wildman–Crippen MR) is 72.9 cm³/mol. The van der Waals surface area contributed by atoms with Gasteiger partial charge in [-0.05, 0) is 26.0 Å². The lowest BCUT2D eigenvalue weighted by Gasteiger charge is -2.07. The monoisotopic (exact) mass is 299 g/mol. The van der Waals surface area contributed by atoms with Crippen LogP contribution < -0.4 is 4.72 Å². The number of esters is 1. The van der Waals surface area contributed by atoms with Crippen LogP contribution in [0.1, 0.15) is 30.6 Å². The molecule has 0 radical (unpaired) electrons. The number of hydrogen-bond donors (Lipinski definition) is 1. The molecule has 0 saturated carbocycles. The SMILES string of the molecule is CCOC(=O)CCNS(=O)(=O)c1ccc(C(C)=O)cc1. The maximum Gasteiger partial charge on any atom is 0.307 e. The number of ether oxygens (including phenoxy) is 1. The van der Waals surface area contributed by atoms with Crippen molar-refractivity contribution in [3.63, 3.8) is 0 Å². The molecular formula is C13H17NO5S. The zero-order chi connectivity index (χ0) is 15.2. The third-order valence-electron chi connectivity index (χ3n) is 2.50. The van der Waals surface area contributed by atoms with E-state index in [1.54, 1.807) is 6.92 Å². The minimum atomic E-state index is -3.68. The largest absolute Gasteiger partial charge is 0.466 e. The minimum absolute atomic E-state index is 0.0292. The highest BCUT2D eigenvalue weighted by Gasteiger charge is 2.14. The maximum atomic E-state index is 11.9. The van der Waals surface area contributed by atoms with Crippen LogP contribution in [0.5, 0.6) is 0 Å². The fraction of sp³-hybridized carbons (Fsp3) is 0.385. The van der Waals surface area contributed by atoms with Gasteiger partial charge >= 0.3 is 5.97 Å². The Bertz CT molecular complexity index is 577. The molecule has 0 aliphatic heterocycles.